The summed E-state index contributed by atoms with van der Waals surface area (Å²) in [6.45, 7) is 8.33. The van der Waals surface area contributed by atoms with Crippen molar-refractivity contribution in [2.24, 2.45) is 0 Å². The summed E-state index contributed by atoms with van der Waals surface area (Å²) in [6.07, 6.45) is 1.77. The predicted molar refractivity (Wildman–Crippen MR) is 73.6 cm³/mol. The second-order valence-corrected chi connectivity index (χ2v) is 7.37. The second kappa shape index (κ2) is 4.62. The van der Waals surface area contributed by atoms with E-state index in [1.807, 2.05) is 20.8 Å². The Morgan fingerprint density at radius 3 is 2.25 bits per heavy atom. The molecule has 0 aromatic heterocycles. The molecule has 0 unspecified atom stereocenters. The van der Waals surface area contributed by atoms with Gasteiger partial charge in [0.2, 0.25) is 0 Å². The molecule has 0 spiro atoms. The molecule has 2 N–H and O–H groups in total. The van der Waals surface area contributed by atoms with Gasteiger partial charge in [0, 0.05) is 18.6 Å². The summed E-state index contributed by atoms with van der Waals surface area (Å²) in [7, 11) is 0. The van der Waals surface area contributed by atoms with Crippen LogP contribution in [0.4, 0.5) is 4.79 Å². The maximum absolute atomic E-state index is 11.9. The van der Waals surface area contributed by atoms with Gasteiger partial charge in [0.25, 0.3) is 0 Å². The third-order valence-corrected chi connectivity index (χ3v) is 3.70. The first kappa shape index (κ1) is 15.1. The van der Waals surface area contributed by atoms with E-state index in [1.165, 1.54) is 0 Å². The second-order valence-electron chi connectivity index (χ2n) is 7.37. The van der Waals surface area contributed by atoms with Gasteiger partial charge in [0.15, 0.2) is 0 Å². The van der Waals surface area contributed by atoms with Crippen molar-refractivity contribution in [3.63, 3.8) is 0 Å². The summed E-state index contributed by atoms with van der Waals surface area (Å²) in [5, 5.41) is 12.5. The van der Waals surface area contributed by atoms with E-state index in [9.17, 15) is 9.59 Å². The quantitative estimate of drug-likeness (QED) is 0.819. The molecule has 1 heterocycles. The molecule has 0 aromatic carbocycles. The number of carbonyl (C=O) groups is 2. The van der Waals surface area contributed by atoms with Gasteiger partial charge < -0.3 is 20.1 Å². The first-order valence-electron chi connectivity index (χ1n) is 7.02. The van der Waals surface area contributed by atoms with Crippen molar-refractivity contribution in [3.05, 3.63) is 0 Å². The minimum atomic E-state index is -0.842. The van der Waals surface area contributed by atoms with Crippen LogP contribution in [0.5, 0.6) is 0 Å². The Bertz CT molecular complexity index is 417. The largest absolute Gasteiger partial charge is 0.481 e. The molecule has 0 radical (unpaired) electrons. The molecule has 1 aliphatic carbocycles. The van der Waals surface area contributed by atoms with Crippen LogP contribution < -0.4 is 5.32 Å². The van der Waals surface area contributed by atoms with E-state index in [2.05, 4.69) is 12.2 Å². The van der Waals surface area contributed by atoms with Crippen molar-refractivity contribution in [1.82, 2.24) is 10.2 Å². The Morgan fingerprint density at radius 1 is 1.30 bits per heavy atom. The Kier molecular flexibility index (Phi) is 3.48. The standard InChI is InChI=1S/C14H24N2O4/c1-12(2,3)20-11(19)16-8-14(9-16,7-10(17)18)15-13(4)5-6-13/h15H,5-9H2,1-4H3,(H,17,18). The van der Waals surface area contributed by atoms with Gasteiger partial charge in [-0.15, -0.1) is 0 Å². The van der Waals surface area contributed by atoms with E-state index >= 15 is 0 Å². The van der Waals surface area contributed by atoms with Crippen molar-refractivity contribution >= 4 is 12.1 Å². The lowest BCUT2D eigenvalue weighted by molar-refractivity contribution is -0.141. The fourth-order valence-corrected chi connectivity index (χ4v) is 2.62. The fraction of sp³-hybridized carbons (Fsp3) is 0.857. The molecule has 6 heteroatoms. The van der Waals surface area contributed by atoms with Crippen LogP contribution in [0.1, 0.15) is 47.0 Å². The minimum Gasteiger partial charge on any atom is -0.481 e. The van der Waals surface area contributed by atoms with E-state index in [1.54, 1.807) is 4.90 Å². The third kappa shape index (κ3) is 3.62. The highest BCUT2D eigenvalue weighted by Gasteiger charge is 2.53. The molecule has 1 amide bonds. The van der Waals surface area contributed by atoms with Gasteiger partial charge in [0.05, 0.1) is 12.0 Å². The molecule has 1 aliphatic heterocycles. The van der Waals surface area contributed by atoms with Gasteiger partial charge in [-0.2, -0.15) is 0 Å². The van der Waals surface area contributed by atoms with Crippen LogP contribution in [0.25, 0.3) is 0 Å². The van der Waals surface area contributed by atoms with Crippen LogP contribution in [-0.2, 0) is 9.53 Å². The summed E-state index contributed by atoms with van der Waals surface area (Å²) < 4.78 is 5.30. The van der Waals surface area contributed by atoms with E-state index in [-0.39, 0.29) is 18.1 Å². The highest BCUT2D eigenvalue weighted by molar-refractivity contribution is 5.73. The van der Waals surface area contributed by atoms with Crippen molar-refractivity contribution in [2.75, 3.05) is 13.1 Å². The first-order chi connectivity index (χ1) is 9.03. The lowest BCUT2D eigenvalue weighted by Gasteiger charge is -2.51. The van der Waals surface area contributed by atoms with Gasteiger partial charge >= 0.3 is 12.1 Å². The molecule has 114 valence electrons. The highest BCUT2D eigenvalue weighted by atomic mass is 16.6. The number of carboxylic acids is 1. The number of nitrogens with zero attached hydrogens (tertiary/aromatic N) is 1. The Morgan fingerprint density at radius 2 is 1.85 bits per heavy atom. The molecule has 0 bridgehead atoms. The average Bonchev–Trinajstić information content (AvgIpc) is 2.87. The normalized spacial score (nSPS) is 22.9. The van der Waals surface area contributed by atoms with Crippen molar-refractivity contribution in [2.45, 2.75) is 63.6 Å². The maximum atomic E-state index is 11.9. The van der Waals surface area contributed by atoms with E-state index < -0.39 is 17.1 Å². The zero-order valence-corrected chi connectivity index (χ0v) is 12.7. The van der Waals surface area contributed by atoms with Crippen molar-refractivity contribution in [3.8, 4) is 0 Å². The SMILES string of the molecule is CC1(NC2(CC(=O)O)CN(C(=O)OC(C)(C)C)C2)CC1. The molecule has 2 aliphatic rings. The summed E-state index contributed by atoms with van der Waals surface area (Å²) >= 11 is 0. The summed E-state index contributed by atoms with van der Waals surface area (Å²) in [5.74, 6) is -0.842. The number of carboxylic acid groups (broad SMARTS) is 1. The molecular weight excluding hydrogens is 260 g/mol. The summed E-state index contributed by atoms with van der Waals surface area (Å²) in [5.41, 5.74) is -0.999. The molecule has 0 aromatic rings. The number of hydrogen-bond acceptors (Lipinski definition) is 4. The number of ether oxygens (including phenoxy) is 1. The molecule has 1 saturated heterocycles. The van der Waals surface area contributed by atoms with Gasteiger partial charge in [0.1, 0.15) is 5.60 Å². The van der Waals surface area contributed by atoms with Crippen LogP contribution in [0, 0.1) is 0 Å². The Hall–Kier alpha value is -1.30. The van der Waals surface area contributed by atoms with Crippen LogP contribution in [0.3, 0.4) is 0 Å². The zero-order valence-electron chi connectivity index (χ0n) is 12.7. The molecule has 6 nitrogen and oxygen atoms in total. The number of aliphatic carboxylic acids is 1. The molecule has 1 saturated carbocycles. The predicted octanol–water partition coefficient (Wildman–Crippen LogP) is 1.59. The smallest absolute Gasteiger partial charge is 0.410 e. The van der Waals surface area contributed by atoms with Gasteiger partial charge in [-0.3, -0.25) is 4.79 Å². The Balaban J connectivity index is 1.94. The average molecular weight is 284 g/mol. The zero-order chi connectivity index (χ0) is 15.2. The maximum Gasteiger partial charge on any atom is 0.410 e. The van der Waals surface area contributed by atoms with Crippen LogP contribution in [0.15, 0.2) is 0 Å². The van der Waals surface area contributed by atoms with Gasteiger partial charge in [-0.05, 0) is 40.5 Å². The number of nitrogens with one attached hydrogen (secondary N) is 1. The van der Waals surface area contributed by atoms with Gasteiger partial charge in [-0.1, -0.05) is 0 Å². The number of likely N-dealkylation sites (tertiary alicyclic amines) is 1. The summed E-state index contributed by atoms with van der Waals surface area (Å²) in [4.78, 5) is 24.5. The van der Waals surface area contributed by atoms with Crippen molar-refractivity contribution < 1.29 is 19.4 Å². The topological polar surface area (TPSA) is 78.9 Å². The molecular formula is C14H24N2O4. The molecule has 2 fully saturated rings. The molecule has 0 atom stereocenters. The lowest BCUT2D eigenvalue weighted by Crippen LogP contribution is -2.73. The Labute approximate surface area is 119 Å². The highest BCUT2D eigenvalue weighted by Crippen LogP contribution is 2.39. The van der Waals surface area contributed by atoms with Gasteiger partial charge in [-0.25, -0.2) is 4.79 Å². The minimum absolute atomic E-state index is 0.0297. The van der Waals surface area contributed by atoms with Crippen LogP contribution in [-0.4, -0.2) is 51.8 Å². The number of carbonyl (C=O) groups excluding carboxylic acids is 1. The molecule has 2 rings (SSSR count). The van der Waals surface area contributed by atoms with Crippen molar-refractivity contribution in [1.29, 1.82) is 0 Å². The fourth-order valence-electron chi connectivity index (χ4n) is 2.62. The van der Waals surface area contributed by atoms with E-state index in [0.29, 0.717) is 13.1 Å². The van der Waals surface area contributed by atoms with Crippen LogP contribution in [0.2, 0.25) is 0 Å². The first-order valence-corrected chi connectivity index (χ1v) is 7.02. The van der Waals surface area contributed by atoms with Crippen LogP contribution >= 0.6 is 0 Å². The molecule has 20 heavy (non-hydrogen) atoms. The summed E-state index contributed by atoms with van der Waals surface area (Å²) in [6, 6.07) is 0. The lowest BCUT2D eigenvalue weighted by atomic mass is 9.85. The monoisotopic (exact) mass is 284 g/mol. The third-order valence-electron chi connectivity index (χ3n) is 3.70. The number of hydrogen-bond donors (Lipinski definition) is 2. The van der Waals surface area contributed by atoms with E-state index in [0.717, 1.165) is 12.8 Å². The van der Waals surface area contributed by atoms with E-state index in [4.69, 9.17) is 9.84 Å². The number of amides is 1. The number of rotatable bonds is 4.